The van der Waals surface area contributed by atoms with Gasteiger partial charge in [0.15, 0.2) is 0 Å². The van der Waals surface area contributed by atoms with E-state index in [2.05, 4.69) is 9.97 Å². The van der Waals surface area contributed by atoms with Gasteiger partial charge in [0.05, 0.1) is 6.26 Å². The molecular weight excluding hydrogens is 274 g/mol. The maximum atomic E-state index is 11.6. The Morgan fingerprint density at radius 1 is 1.50 bits per heavy atom. The van der Waals surface area contributed by atoms with E-state index >= 15 is 0 Å². The molecular formula is C11H16ClN3O2S. The van der Waals surface area contributed by atoms with Crippen LogP contribution in [-0.2, 0) is 16.4 Å². The Labute approximate surface area is 112 Å². The van der Waals surface area contributed by atoms with Crippen molar-refractivity contribution in [1.29, 1.82) is 0 Å². The average Bonchev–Trinajstić information content (AvgIpc) is 2.74. The number of aromatic nitrogens is 2. The standard InChI is InChI=1S/C11H16ClN3O2S/c1-18(16,17)15-6-2-3-10(15)5-4-9-7-11(12)14-8-13-9/h7-8,10H,2-6H2,1H3/t10-/m1/s1. The van der Waals surface area contributed by atoms with Gasteiger partial charge >= 0.3 is 0 Å². The number of nitrogens with zero attached hydrogens (tertiary/aromatic N) is 3. The van der Waals surface area contributed by atoms with E-state index in [0.29, 0.717) is 11.7 Å². The van der Waals surface area contributed by atoms with E-state index in [1.165, 1.54) is 12.6 Å². The van der Waals surface area contributed by atoms with Crippen molar-refractivity contribution in [3.05, 3.63) is 23.2 Å². The van der Waals surface area contributed by atoms with Gasteiger partial charge in [-0.3, -0.25) is 0 Å². The minimum Gasteiger partial charge on any atom is -0.241 e. The van der Waals surface area contributed by atoms with E-state index in [4.69, 9.17) is 11.6 Å². The lowest BCUT2D eigenvalue weighted by molar-refractivity contribution is 0.372. The van der Waals surface area contributed by atoms with Crippen LogP contribution < -0.4 is 0 Å². The second kappa shape index (κ2) is 5.50. The number of halogens is 1. The second-order valence-corrected chi connectivity index (χ2v) is 6.86. The number of hydrogen-bond acceptors (Lipinski definition) is 4. The molecule has 0 amide bonds. The molecule has 1 aliphatic heterocycles. The van der Waals surface area contributed by atoms with Crippen LogP contribution in [0.15, 0.2) is 12.4 Å². The molecule has 2 rings (SSSR count). The lowest BCUT2D eigenvalue weighted by atomic mass is 10.1. The van der Waals surface area contributed by atoms with Crippen LogP contribution in [0, 0.1) is 0 Å². The van der Waals surface area contributed by atoms with Gasteiger partial charge in [0.2, 0.25) is 10.0 Å². The molecule has 1 saturated heterocycles. The lowest BCUT2D eigenvalue weighted by Crippen LogP contribution is -2.34. The first kappa shape index (κ1) is 13.7. The summed E-state index contributed by atoms with van der Waals surface area (Å²) in [7, 11) is -3.09. The Bertz CT molecular complexity index is 521. The van der Waals surface area contributed by atoms with Crippen LogP contribution in [0.5, 0.6) is 0 Å². The molecule has 1 aromatic rings. The van der Waals surface area contributed by atoms with E-state index in [1.54, 1.807) is 10.4 Å². The van der Waals surface area contributed by atoms with Crippen LogP contribution in [0.1, 0.15) is 25.0 Å². The van der Waals surface area contributed by atoms with Crippen molar-refractivity contribution in [1.82, 2.24) is 14.3 Å². The molecule has 5 nitrogen and oxygen atoms in total. The highest BCUT2D eigenvalue weighted by atomic mass is 35.5. The zero-order valence-electron chi connectivity index (χ0n) is 10.2. The minimum atomic E-state index is -3.09. The first-order chi connectivity index (χ1) is 8.47. The first-order valence-electron chi connectivity index (χ1n) is 5.90. The summed E-state index contributed by atoms with van der Waals surface area (Å²) in [5.74, 6) is 0. The third-order valence-electron chi connectivity index (χ3n) is 3.17. The van der Waals surface area contributed by atoms with E-state index < -0.39 is 10.0 Å². The number of hydrogen-bond donors (Lipinski definition) is 0. The SMILES string of the molecule is CS(=O)(=O)N1CCC[C@@H]1CCc1cc(Cl)ncn1. The zero-order chi connectivity index (χ0) is 13.2. The van der Waals surface area contributed by atoms with Gasteiger partial charge in [0, 0.05) is 18.3 Å². The summed E-state index contributed by atoms with van der Waals surface area (Å²) >= 11 is 5.78. The van der Waals surface area contributed by atoms with E-state index in [-0.39, 0.29) is 6.04 Å². The van der Waals surface area contributed by atoms with E-state index in [1.807, 2.05) is 0 Å². The molecule has 0 saturated carbocycles. The Morgan fingerprint density at radius 3 is 2.94 bits per heavy atom. The normalized spacial score (nSPS) is 21.3. The summed E-state index contributed by atoms with van der Waals surface area (Å²) in [5, 5.41) is 0.423. The molecule has 0 bridgehead atoms. The fourth-order valence-electron chi connectivity index (χ4n) is 2.36. The quantitative estimate of drug-likeness (QED) is 0.788. The monoisotopic (exact) mass is 289 g/mol. The number of sulfonamides is 1. The minimum absolute atomic E-state index is 0.0914. The molecule has 2 heterocycles. The highest BCUT2D eigenvalue weighted by Crippen LogP contribution is 2.24. The molecule has 0 unspecified atom stereocenters. The lowest BCUT2D eigenvalue weighted by Gasteiger charge is -2.21. The van der Waals surface area contributed by atoms with Gasteiger partial charge in [0.1, 0.15) is 11.5 Å². The molecule has 0 aromatic carbocycles. The topological polar surface area (TPSA) is 63.2 Å². The van der Waals surface area contributed by atoms with Crippen LogP contribution in [0.3, 0.4) is 0 Å². The van der Waals surface area contributed by atoms with Crippen molar-refractivity contribution < 1.29 is 8.42 Å². The van der Waals surface area contributed by atoms with Gasteiger partial charge in [0.25, 0.3) is 0 Å². The fraction of sp³-hybridized carbons (Fsp3) is 0.636. The average molecular weight is 290 g/mol. The predicted octanol–water partition coefficient (Wildman–Crippen LogP) is 1.49. The molecule has 0 spiro atoms. The summed E-state index contributed by atoms with van der Waals surface area (Å²) in [6.45, 7) is 0.633. The third kappa shape index (κ3) is 3.40. The van der Waals surface area contributed by atoms with E-state index in [9.17, 15) is 8.42 Å². The van der Waals surface area contributed by atoms with Crippen molar-refractivity contribution in [2.45, 2.75) is 31.7 Å². The molecule has 7 heteroatoms. The fourth-order valence-corrected chi connectivity index (χ4v) is 3.74. The summed E-state index contributed by atoms with van der Waals surface area (Å²) in [6, 6.07) is 1.81. The predicted molar refractivity (Wildman–Crippen MR) is 69.9 cm³/mol. The summed E-state index contributed by atoms with van der Waals surface area (Å²) < 4.78 is 24.8. The van der Waals surface area contributed by atoms with Crippen LogP contribution in [-0.4, -0.2) is 41.5 Å². The van der Waals surface area contributed by atoms with Crippen LogP contribution >= 0.6 is 11.6 Å². The van der Waals surface area contributed by atoms with E-state index in [0.717, 1.165) is 31.4 Å². The van der Waals surface area contributed by atoms with Gasteiger partial charge in [-0.05, 0) is 31.7 Å². The molecule has 18 heavy (non-hydrogen) atoms. The van der Waals surface area contributed by atoms with Crippen molar-refractivity contribution >= 4 is 21.6 Å². The molecule has 0 aliphatic carbocycles. The summed E-state index contributed by atoms with van der Waals surface area (Å²) in [6.07, 6.45) is 6.06. The Kier molecular flexibility index (Phi) is 4.19. The number of rotatable bonds is 4. The zero-order valence-corrected chi connectivity index (χ0v) is 11.8. The summed E-state index contributed by atoms with van der Waals surface area (Å²) in [5.41, 5.74) is 0.857. The van der Waals surface area contributed by atoms with Crippen molar-refractivity contribution in [3.8, 4) is 0 Å². The van der Waals surface area contributed by atoms with Crippen LogP contribution in [0.2, 0.25) is 5.15 Å². The summed E-state index contributed by atoms with van der Waals surface area (Å²) in [4.78, 5) is 7.95. The molecule has 1 atom stereocenters. The Morgan fingerprint density at radius 2 is 2.28 bits per heavy atom. The van der Waals surface area contributed by atoms with Gasteiger partial charge in [-0.2, -0.15) is 4.31 Å². The van der Waals surface area contributed by atoms with Gasteiger partial charge in [-0.25, -0.2) is 18.4 Å². The van der Waals surface area contributed by atoms with Crippen molar-refractivity contribution in [2.24, 2.45) is 0 Å². The van der Waals surface area contributed by atoms with Crippen LogP contribution in [0.4, 0.5) is 0 Å². The highest BCUT2D eigenvalue weighted by Gasteiger charge is 2.30. The van der Waals surface area contributed by atoms with Gasteiger partial charge < -0.3 is 0 Å². The van der Waals surface area contributed by atoms with Crippen molar-refractivity contribution in [2.75, 3.05) is 12.8 Å². The Balaban J connectivity index is 1.98. The smallest absolute Gasteiger partial charge is 0.211 e. The molecule has 1 aliphatic rings. The Hall–Kier alpha value is -0.720. The first-order valence-corrected chi connectivity index (χ1v) is 8.12. The largest absolute Gasteiger partial charge is 0.241 e. The second-order valence-electron chi connectivity index (χ2n) is 4.54. The van der Waals surface area contributed by atoms with Gasteiger partial charge in [-0.1, -0.05) is 11.6 Å². The third-order valence-corrected chi connectivity index (χ3v) is 4.71. The molecule has 100 valence electrons. The molecule has 1 aromatic heterocycles. The maximum Gasteiger partial charge on any atom is 0.211 e. The van der Waals surface area contributed by atoms with Crippen molar-refractivity contribution in [3.63, 3.8) is 0 Å². The molecule has 0 N–H and O–H groups in total. The molecule has 1 fully saturated rings. The molecule has 0 radical (unpaired) electrons. The maximum absolute atomic E-state index is 11.6. The van der Waals surface area contributed by atoms with Gasteiger partial charge in [-0.15, -0.1) is 0 Å². The van der Waals surface area contributed by atoms with Crippen LogP contribution in [0.25, 0.3) is 0 Å². The highest BCUT2D eigenvalue weighted by molar-refractivity contribution is 7.88. The number of aryl methyl sites for hydroxylation is 1.